The molecule has 19 heavy (non-hydrogen) atoms. The van der Waals surface area contributed by atoms with E-state index in [-0.39, 0.29) is 0 Å². The molecule has 102 valence electrons. The van der Waals surface area contributed by atoms with Gasteiger partial charge in [-0.15, -0.1) is 0 Å². The molecule has 0 unspecified atom stereocenters. The third kappa shape index (κ3) is 2.88. The van der Waals surface area contributed by atoms with E-state index in [0.29, 0.717) is 23.9 Å². The fraction of sp³-hybridized carbons (Fsp3) is 0.357. The number of nitrogens with one attached hydrogen (secondary N) is 1. The number of methoxy groups -OCH3 is 2. The molecule has 2 rings (SSSR count). The van der Waals surface area contributed by atoms with Gasteiger partial charge in [0.05, 0.1) is 25.5 Å². The molecule has 5 nitrogen and oxygen atoms in total. The van der Waals surface area contributed by atoms with Gasteiger partial charge in [-0.05, 0) is 18.7 Å². The van der Waals surface area contributed by atoms with Gasteiger partial charge in [-0.25, -0.2) is 4.98 Å². The number of oxazole rings is 1. The Morgan fingerprint density at radius 1 is 1.26 bits per heavy atom. The summed E-state index contributed by atoms with van der Waals surface area (Å²) in [5.41, 5.74) is 1.64. The Kier molecular flexibility index (Phi) is 4.41. The summed E-state index contributed by atoms with van der Waals surface area (Å²) < 4.78 is 16.1. The minimum absolute atomic E-state index is 0.531. The van der Waals surface area contributed by atoms with Gasteiger partial charge >= 0.3 is 0 Å². The Morgan fingerprint density at radius 2 is 2.11 bits per heavy atom. The minimum Gasteiger partial charge on any atom is -0.493 e. The first kappa shape index (κ1) is 13.4. The van der Waals surface area contributed by atoms with E-state index in [4.69, 9.17) is 13.9 Å². The van der Waals surface area contributed by atoms with Crippen molar-refractivity contribution in [3.8, 4) is 23.0 Å². The summed E-state index contributed by atoms with van der Waals surface area (Å²) in [6, 6.07) is 5.61. The average molecular weight is 262 g/mol. The lowest BCUT2D eigenvalue weighted by Crippen LogP contribution is -2.11. The van der Waals surface area contributed by atoms with Crippen LogP contribution in [0, 0.1) is 0 Å². The molecule has 1 aromatic heterocycles. The highest BCUT2D eigenvalue weighted by atomic mass is 16.5. The van der Waals surface area contributed by atoms with Gasteiger partial charge in [0.1, 0.15) is 6.26 Å². The zero-order chi connectivity index (χ0) is 13.7. The summed E-state index contributed by atoms with van der Waals surface area (Å²) in [5, 5.41) is 3.20. The van der Waals surface area contributed by atoms with Gasteiger partial charge in [0.15, 0.2) is 11.5 Å². The molecule has 0 atom stereocenters. The van der Waals surface area contributed by atoms with Crippen LogP contribution >= 0.6 is 0 Å². The van der Waals surface area contributed by atoms with Crippen molar-refractivity contribution in [2.24, 2.45) is 0 Å². The zero-order valence-corrected chi connectivity index (χ0v) is 11.4. The second-order valence-corrected chi connectivity index (χ2v) is 3.97. The Labute approximate surface area is 112 Å². The Hall–Kier alpha value is -2.01. The van der Waals surface area contributed by atoms with Crippen LogP contribution in [0.4, 0.5) is 0 Å². The van der Waals surface area contributed by atoms with Crippen LogP contribution in [0.15, 0.2) is 28.9 Å². The van der Waals surface area contributed by atoms with Gasteiger partial charge in [0, 0.05) is 6.54 Å². The van der Waals surface area contributed by atoms with Crippen molar-refractivity contribution in [3.05, 3.63) is 30.2 Å². The van der Waals surface area contributed by atoms with Gasteiger partial charge in [0.2, 0.25) is 5.89 Å². The van der Waals surface area contributed by atoms with E-state index in [1.165, 1.54) is 0 Å². The van der Waals surface area contributed by atoms with Crippen molar-refractivity contribution in [3.63, 3.8) is 0 Å². The van der Waals surface area contributed by atoms with Gasteiger partial charge in [-0.1, -0.05) is 13.0 Å². The van der Waals surface area contributed by atoms with E-state index in [9.17, 15) is 0 Å². The molecule has 0 amide bonds. The van der Waals surface area contributed by atoms with Crippen LogP contribution in [0.5, 0.6) is 11.5 Å². The number of hydrogen-bond donors (Lipinski definition) is 1. The van der Waals surface area contributed by atoms with Gasteiger partial charge in [0.25, 0.3) is 0 Å². The Bertz CT molecular complexity index is 537. The number of benzene rings is 1. The number of hydrogen-bond acceptors (Lipinski definition) is 5. The molecule has 0 radical (unpaired) electrons. The summed E-state index contributed by atoms with van der Waals surface area (Å²) in [6.45, 7) is 3.63. The van der Waals surface area contributed by atoms with Crippen LogP contribution in [0.3, 0.4) is 0 Å². The number of rotatable bonds is 6. The number of aromatic nitrogens is 1. The zero-order valence-electron chi connectivity index (χ0n) is 11.4. The molecule has 0 bridgehead atoms. The van der Waals surface area contributed by atoms with Crippen molar-refractivity contribution in [2.45, 2.75) is 13.5 Å². The lowest BCUT2D eigenvalue weighted by molar-refractivity contribution is 0.355. The van der Waals surface area contributed by atoms with Crippen LogP contribution in [0.25, 0.3) is 11.5 Å². The van der Waals surface area contributed by atoms with Crippen molar-refractivity contribution >= 4 is 0 Å². The fourth-order valence-corrected chi connectivity index (χ4v) is 1.82. The monoisotopic (exact) mass is 262 g/mol. The average Bonchev–Trinajstić information content (AvgIpc) is 2.92. The third-order valence-corrected chi connectivity index (χ3v) is 2.74. The first-order chi connectivity index (χ1) is 9.30. The van der Waals surface area contributed by atoms with Crippen LogP contribution < -0.4 is 14.8 Å². The summed E-state index contributed by atoms with van der Waals surface area (Å²) in [4.78, 5) is 4.44. The number of nitrogens with zero attached hydrogens (tertiary/aromatic N) is 1. The largest absolute Gasteiger partial charge is 0.493 e. The van der Waals surface area contributed by atoms with Gasteiger partial charge in [-0.3, -0.25) is 0 Å². The molecule has 0 saturated carbocycles. The molecule has 0 aliphatic rings. The molecule has 0 aliphatic carbocycles. The van der Waals surface area contributed by atoms with Crippen molar-refractivity contribution in [2.75, 3.05) is 20.8 Å². The van der Waals surface area contributed by atoms with E-state index in [2.05, 4.69) is 10.3 Å². The molecule has 0 aliphatic heterocycles. The maximum atomic E-state index is 5.50. The Morgan fingerprint density at radius 3 is 2.79 bits per heavy atom. The molecule has 5 heteroatoms. The van der Waals surface area contributed by atoms with Crippen molar-refractivity contribution < 1.29 is 13.9 Å². The van der Waals surface area contributed by atoms with E-state index < -0.39 is 0 Å². The molecule has 2 aromatic rings. The van der Waals surface area contributed by atoms with Crippen LogP contribution in [-0.2, 0) is 6.54 Å². The second-order valence-electron chi connectivity index (χ2n) is 3.97. The fourth-order valence-electron chi connectivity index (χ4n) is 1.82. The minimum atomic E-state index is 0.531. The van der Waals surface area contributed by atoms with Crippen LogP contribution in [0.1, 0.15) is 12.6 Å². The quantitative estimate of drug-likeness (QED) is 0.866. The lowest BCUT2D eigenvalue weighted by Gasteiger charge is -2.09. The first-order valence-electron chi connectivity index (χ1n) is 6.16. The number of para-hydroxylation sites is 1. The maximum Gasteiger partial charge on any atom is 0.230 e. The lowest BCUT2D eigenvalue weighted by atomic mass is 10.2. The summed E-state index contributed by atoms with van der Waals surface area (Å²) in [7, 11) is 3.21. The predicted octanol–water partition coefficient (Wildman–Crippen LogP) is 2.47. The molecule has 1 aromatic carbocycles. The molecular formula is C14H18N2O3. The maximum absolute atomic E-state index is 5.50. The summed E-state index contributed by atoms with van der Waals surface area (Å²) in [5.74, 6) is 1.82. The highest BCUT2D eigenvalue weighted by Crippen LogP contribution is 2.37. The SMILES string of the molecule is CCNCc1coc(-c2cccc(OC)c2OC)n1. The molecule has 0 spiro atoms. The van der Waals surface area contributed by atoms with Crippen LogP contribution in [0.2, 0.25) is 0 Å². The van der Waals surface area contributed by atoms with E-state index >= 15 is 0 Å². The van der Waals surface area contributed by atoms with Crippen molar-refractivity contribution in [1.29, 1.82) is 0 Å². The molecule has 0 saturated heterocycles. The van der Waals surface area contributed by atoms with E-state index in [1.54, 1.807) is 20.5 Å². The Balaban J connectivity index is 2.33. The van der Waals surface area contributed by atoms with Crippen molar-refractivity contribution in [1.82, 2.24) is 10.3 Å². The molecule has 1 N–H and O–H groups in total. The number of ether oxygens (including phenoxy) is 2. The third-order valence-electron chi connectivity index (χ3n) is 2.74. The molecular weight excluding hydrogens is 244 g/mol. The first-order valence-corrected chi connectivity index (χ1v) is 6.16. The van der Waals surface area contributed by atoms with Gasteiger partial charge < -0.3 is 19.2 Å². The summed E-state index contributed by atoms with van der Waals surface area (Å²) in [6.07, 6.45) is 1.65. The van der Waals surface area contributed by atoms with E-state index in [1.807, 2.05) is 25.1 Å². The predicted molar refractivity (Wildman–Crippen MR) is 72.4 cm³/mol. The highest BCUT2D eigenvalue weighted by molar-refractivity contribution is 5.67. The summed E-state index contributed by atoms with van der Waals surface area (Å²) >= 11 is 0. The second kappa shape index (κ2) is 6.24. The normalized spacial score (nSPS) is 10.5. The molecule has 0 fully saturated rings. The molecule has 1 heterocycles. The standard InChI is InChI=1S/C14H18N2O3/c1-4-15-8-10-9-19-14(16-10)11-6-5-7-12(17-2)13(11)18-3/h5-7,9,15H,4,8H2,1-3H3. The highest BCUT2D eigenvalue weighted by Gasteiger charge is 2.15. The smallest absolute Gasteiger partial charge is 0.230 e. The van der Waals surface area contributed by atoms with Gasteiger partial charge in [-0.2, -0.15) is 0 Å². The van der Waals surface area contributed by atoms with Crippen LogP contribution in [-0.4, -0.2) is 25.7 Å². The van der Waals surface area contributed by atoms with E-state index in [0.717, 1.165) is 17.8 Å². The topological polar surface area (TPSA) is 56.5 Å².